The molecule has 1 N–H and O–H groups in total. The van der Waals surface area contributed by atoms with Gasteiger partial charge >= 0.3 is 0 Å². The van der Waals surface area contributed by atoms with E-state index in [2.05, 4.69) is 18.3 Å². The minimum Gasteiger partial charge on any atom is -0.380 e. The van der Waals surface area contributed by atoms with Gasteiger partial charge in [0.2, 0.25) is 11.8 Å². The molecule has 5 rings (SSSR count). The number of imide groups is 2. The molecule has 9 nitrogen and oxygen atoms in total. The van der Waals surface area contributed by atoms with Gasteiger partial charge in [-0.1, -0.05) is 25.5 Å². The van der Waals surface area contributed by atoms with Crippen LogP contribution in [0, 0.1) is 11.3 Å². The summed E-state index contributed by atoms with van der Waals surface area (Å²) in [6.45, 7) is 2.68. The van der Waals surface area contributed by atoms with Gasteiger partial charge in [-0.2, -0.15) is 5.26 Å². The number of carbonyl (C=O) groups excluding carboxylic acids is 4. The average molecular weight is 487 g/mol. The van der Waals surface area contributed by atoms with Gasteiger partial charge in [0.25, 0.3) is 11.8 Å². The van der Waals surface area contributed by atoms with Crippen LogP contribution >= 0.6 is 0 Å². The van der Waals surface area contributed by atoms with Crippen LogP contribution in [0.1, 0.15) is 71.7 Å². The first-order valence-electron chi connectivity index (χ1n) is 12.2. The zero-order chi connectivity index (χ0) is 25.4. The predicted octanol–water partition coefficient (Wildman–Crippen LogP) is 3.24. The number of carbonyl (C=O) groups is 4. The molecule has 1 unspecified atom stereocenters. The van der Waals surface area contributed by atoms with Crippen LogP contribution < -0.4 is 15.2 Å². The summed E-state index contributed by atoms with van der Waals surface area (Å²) < 4.78 is 0. The highest BCUT2D eigenvalue weighted by molar-refractivity contribution is 6.23. The lowest BCUT2D eigenvalue weighted by Gasteiger charge is -2.27. The number of amides is 4. The van der Waals surface area contributed by atoms with Crippen molar-refractivity contribution in [2.24, 2.45) is 0 Å². The summed E-state index contributed by atoms with van der Waals surface area (Å²) in [5.74, 6) is -1.80. The number of benzene rings is 2. The number of nitriles is 1. The van der Waals surface area contributed by atoms with E-state index >= 15 is 0 Å². The van der Waals surface area contributed by atoms with E-state index in [-0.39, 0.29) is 29.4 Å². The topological polar surface area (TPSA) is 120 Å². The molecule has 1 saturated heterocycles. The molecule has 0 aromatic heterocycles. The molecule has 184 valence electrons. The van der Waals surface area contributed by atoms with Crippen molar-refractivity contribution in [3.8, 4) is 11.8 Å². The van der Waals surface area contributed by atoms with E-state index < -0.39 is 29.7 Å². The van der Waals surface area contributed by atoms with Gasteiger partial charge in [-0.3, -0.25) is 29.4 Å². The quantitative estimate of drug-likeness (QED) is 0.449. The van der Waals surface area contributed by atoms with Crippen LogP contribution in [-0.2, 0) is 15.0 Å². The molecule has 2 aromatic rings. The van der Waals surface area contributed by atoms with Crippen LogP contribution in [0.5, 0.6) is 5.75 Å². The normalized spacial score (nSPS) is 20.0. The lowest BCUT2D eigenvalue weighted by Crippen LogP contribution is -2.54. The lowest BCUT2D eigenvalue weighted by molar-refractivity contribution is -0.136. The molecule has 0 spiro atoms. The molecule has 1 atom stereocenters. The number of unbranched alkanes of at least 4 members (excludes halogenated alkanes) is 1. The summed E-state index contributed by atoms with van der Waals surface area (Å²) in [4.78, 5) is 56.9. The Bertz CT molecular complexity index is 1290. The molecular weight excluding hydrogens is 460 g/mol. The Hall–Kier alpha value is -4.19. The van der Waals surface area contributed by atoms with Gasteiger partial charge in [-0.25, -0.2) is 5.06 Å². The summed E-state index contributed by atoms with van der Waals surface area (Å²) in [6.07, 6.45) is 3.74. The number of hydrogen-bond donors (Lipinski definition) is 1. The van der Waals surface area contributed by atoms with Crippen LogP contribution in [0.25, 0.3) is 0 Å². The first kappa shape index (κ1) is 23.5. The third-order valence-corrected chi connectivity index (χ3v) is 7.01. The number of nitrogens with zero attached hydrogens (tertiary/aromatic N) is 3. The first-order chi connectivity index (χ1) is 17.4. The third kappa shape index (κ3) is 4.09. The molecule has 36 heavy (non-hydrogen) atoms. The second kappa shape index (κ2) is 9.11. The second-order valence-electron chi connectivity index (χ2n) is 9.44. The highest BCUT2D eigenvalue weighted by Gasteiger charge is 2.45. The molecule has 3 aliphatic rings. The number of rotatable bonds is 8. The maximum Gasteiger partial charge on any atom is 0.262 e. The predicted molar refractivity (Wildman–Crippen MR) is 129 cm³/mol. The first-order valence-corrected chi connectivity index (χ1v) is 12.2. The van der Waals surface area contributed by atoms with Crippen LogP contribution in [0.4, 0.5) is 5.69 Å². The van der Waals surface area contributed by atoms with Gasteiger partial charge in [-0.15, -0.1) is 0 Å². The lowest BCUT2D eigenvalue weighted by atomic mass is 9.97. The number of fused-ring (bicyclic) bond motifs is 1. The van der Waals surface area contributed by atoms with E-state index in [1.807, 2.05) is 24.3 Å². The summed E-state index contributed by atoms with van der Waals surface area (Å²) in [5.41, 5.74) is 1.81. The Morgan fingerprint density at radius 1 is 1.08 bits per heavy atom. The summed E-state index contributed by atoms with van der Waals surface area (Å²) >= 11 is 0. The highest BCUT2D eigenvalue weighted by Crippen LogP contribution is 2.47. The SMILES string of the molecule is CCCCN(Oc1ccc2c(c1)C(=O)N(C1CCC(=O)NC1=O)C2=O)c1ccc(C2(C#N)CC2)cc1. The molecule has 2 heterocycles. The van der Waals surface area contributed by atoms with Crippen molar-refractivity contribution >= 4 is 29.3 Å². The second-order valence-corrected chi connectivity index (χ2v) is 9.44. The van der Waals surface area contributed by atoms with Crippen molar-refractivity contribution in [2.75, 3.05) is 11.6 Å². The Balaban J connectivity index is 1.37. The minimum atomic E-state index is -1.01. The van der Waals surface area contributed by atoms with Crippen molar-refractivity contribution < 1.29 is 24.0 Å². The zero-order valence-electron chi connectivity index (χ0n) is 20.0. The van der Waals surface area contributed by atoms with Crippen molar-refractivity contribution in [1.29, 1.82) is 5.26 Å². The average Bonchev–Trinajstić information content (AvgIpc) is 3.65. The van der Waals surface area contributed by atoms with Gasteiger partial charge < -0.3 is 4.84 Å². The number of piperidine rings is 1. The molecule has 9 heteroatoms. The van der Waals surface area contributed by atoms with Crippen molar-refractivity contribution in [3.05, 3.63) is 59.2 Å². The van der Waals surface area contributed by atoms with Crippen LogP contribution in [-0.4, -0.2) is 41.1 Å². The summed E-state index contributed by atoms with van der Waals surface area (Å²) in [7, 11) is 0. The van der Waals surface area contributed by atoms with E-state index in [1.165, 1.54) is 12.1 Å². The van der Waals surface area contributed by atoms with Crippen molar-refractivity contribution in [2.45, 2.75) is 56.9 Å². The van der Waals surface area contributed by atoms with E-state index in [1.54, 1.807) is 11.1 Å². The van der Waals surface area contributed by atoms with Gasteiger partial charge in [0, 0.05) is 6.42 Å². The Morgan fingerprint density at radius 2 is 1.81 bits per heavy atom. The molecule has 2 aliphatic heterocycles. The molecule has 1 aliphatic carbocycles. The maximum absolute atomic E-state index is 13.1. The zero-order valence-corrected chi connectivity index (χ0v) is 20.0. The van der Waals surface area contributed by atoms with Gasteiger partial charge in [0.15, 0.2) is 5.75 Å². The molecule has 0 bridgehead atoms. The fourth-order valence-electron chi connectivity index (χ4n) is 4.70. The monoisotopic (exact) mass is 486 g/mol. The number of hydrogen-bond acceptors (Lipinski definition) is 7. The largest absolute Gasteiger partial charge is 0.380 e. The Morgan fingerprint density at radius 3 is 2.44 bits per heavy atom. The smallest absolute Gasteiger partial charge is 0.262 e. The van der Waals surface area contributed by atoms with E-state index in [0.717, 1.165) is 41.8 Å². The molecular formula is C27H26N4O5. The van der Waals surface area contributed by atoms with Crippen LogP contribution in [0.3, 0.4) is 0 Å². The molecule has 1 saturated carbocycles. The van der Waals surface area contributed by atoms with Gasteiger partial charge in [-0.05, 0) is 61.6 Å². The maximum atomic E-state index is 13.1. The van der Waals surface area contributed by atoms with E-state index in [4.69, 9.17) is 4.84 Å². The fraction of sp³-hybridized carbons (Fsp3) is 0.370. The summed E-state index contributed by atoms with van der Waals surface area (Å²) in [5, 5.41) is 13.4. The van der Waals surface area contributed by atoms with E-state index in [0.29, 0.717) is 12.3 Å². The number of hydroxylamine groups is 1. The Labute approximate surface area is 208 Å². The Kier molecular flexibility index (Phi) is 5.96. The fourth-order valence-corrected chi connectivity index (χ4v) is 4.70. The number of nitrogens with one attached hydrogen (secondary N) is 1. The highest BCUT2D eigenvalue weighted by atomic mass is 16.7. The summed E-state index contributed by atoms with van der Waals surface area (Å²) in [6, 6.07) is 13.8. The van der Waals surface area contributed by atoms with E-state index in [9.17, 15) is 24.4 Å². The van der Waals surface area contributed by atoms with Crippen LogP contribution in [0.2, 0.25) is 0 Å². The number of anilines is 1. The van der Waals surface area contributed by atoms with Crippen molar-refractivity contribution in [1.82, 2.24) is 10.2 Å². The molecule has 2 aromatic carbocycles. The standard InChI is InChI=1S/C27H26N4O5/c1-2-3-14-30(18-6-4-17(5-7-18)27(16-28)12-13-27)36-19-8-9-20-21(15-19)26(35)31(25(20)34)22-10-11-23(32)29-24(22)33/h4-9,15,22H,2-3,10-14H2,1H3,(H,29,32,33). The minimum absolute atomic E-state index is 0.0683. The molecule has 0 radical (unpaired) electrons. The van der Waals surface area contributed by atoms with Gasteiger partial charge in [0.1, 0.15) is 6.04 Å². The van der Waals surface area contributed by atoms with Crippen LogP contribution in [0.15, 0.2) is 42.5 Å². The van der Waals surface area contributed by atoms with Gasteiger partial charge in [0.05, 0.1) is 34.8 Å². The molecule has 4 amide bonds. The van der Waals surface area contributed by atoms with Crippen molar-refractivity contribution in [3.63, 3.8) is 0 Å². The molecule has 2 fully saturated rings. The third-order valence-electron chi connectivity index (χ3n) is 7.01.